The van der Waals surface area contributed by atoms with E-state index in [0.29, 0.717) is 12.1 Å². The zero-order valence-electron chi connectivity index (χ0n) is 12.2. The molecule has 4 nitrogen and oxygen atoms in total. The molecule has 2 heterocycles. The van der Waals surface area contributed by atoms with Crippen LogP contribution in [0.15, 0.2) is 18.3 Å². The van der Waals surface area contributed by atoms with Crippen LogP contribution in [-0.2, 0) is 11.3 Å². The number of rotatable bonds is 5. The molecule has 4 heteroatoms. The maximum Gasteiger partial charge on any atom is 0.133 e. The summed E-state index contributed by atoms with van der Waals surface area (Å²) in [6.45, 7) is 7.28. The second-order valence-electron chi connectivity index (χ2n) is 5.44. The fourth-order valence-corrected chi connectivity index (χ4v) is 2.47. The number of pyridine rings is 1. The Hall–Kier alpha value is -1.13. The molecule has 1 aliphatic rings. The van der Waals surface area contributed by atoms with Gasteiger partial charge in [0.15, 0.2) is 0 Å². The van der Waals surface area contributed by atoms with Crippen molar-refractivity contribution in [3.8, 4) is 0 Å². The van der Waals surface area contributed by atoms with Crippen molar-refractivity contribution in [1.29, 1.82) is 0 Å². The standard InChI is InChI=1S/C15H25N3O/c1-12(2)17-11-13-5-4-8-16-15(13)18-9-6-14(19-3)7-10-18/h4-5,8,12,14,17H,6-7,9-11H2,1-3H3. The predicted octanol–water partition coefficient (Wildman–Crippen LogP) is 2.19. The van der Waals surface area contributed by atoms with Crippen LogP contribution in [0, 0.1) is 0 Å². The van der Waals surface area contributed by atoms with Crippen LogP contribution in [0.25, 0.3) is 0 Å². The average molecular weight is 263 g/mol. The van der Waals surface area contributed by atoms with Gasteiger partial charge < -0.3 is 15.0 Å². The van der Waals surface area contributed by atoms with Crippen LogP contribution in [0.4, 0.5) is 5.82 Å². The lowest BCUT2D eigenvalue weighted by Gasteiger charge is -2.33. The molecule has 2 rings (SSSR count). The van der Waals surface area contributed by atoms with Crippen molar-refractivity contribution in [1.82, 2.24) is 10.3 Å². The number of hydrogen-bond acceptors (Lipinski definition) is 4. The van der Waals surface area contributed by atoms with Gasteiger partial charge in [-0.15, -0.1) is 0 Å². The lowest BCUT2D eigenvalue weighted by molar-refractivity contribution is 0.0817. The Kier molecular flexibility index (Phi) is 5.16. The summed E-state index contributed by atoms with van der Waals surface area (Å²) in [5, 5.41) is 3.47. The second kappa shape index (κ2) is 6.87. The summed E-state index contributed by atoms with van der Waals surface area (Å²) in [6.07, 6.45) is 4.47. The first-order valence-corrected chi connectivity index (χ1v) is 7.15. The SMILES string of the molecule is COC1CCN(c2ncccc2CNC(C)C)CC1. The Labute approximate surface area is 116 Å². The maximum atomic E-state index is 5.43. The third kappa shape index (κ3) is 3.91. The number of aromatic nitrogens is 1. The molecule has 0 bridgehead atoms. The second-order valence-corrected chi connectivity index (χ2v) is 5.44. The van der Waals surface area contributed by atoms with E-state index in [0.717, 1.165) is 38.3 Å². The summed E-state index contributed by atoms with van der Waals surface area (Å²) in [5.74, 6) is 1.13. The highest BCUT2D eigenvalue weighted by atomic mass is 16.5. The molecule has 0 atom stereocenters. The quantitative estimate of drug-likeness (QED) is 0.883. The van der Waals surface area contributed by atoms with Crippen molar-refractivity contribution in [3.63, 3.8) is 0 Å². The Morgan fingerprint density at radius 3 is 2.79 bits per heavy atom. The molecule has 0 unspecified atom stereocenters. The number of methoxy groups -OCH3 is 1. The molecule has 0 saturated carbocycles. The largest absolute Gasteiger partial charge is 0.381 e. The van der Waals surface area contributed by atoms with Crippen molar-refractivity contribution in [2.75, 3.05) is 25.1 Å². The molecule has 0 spiro atoms. The molecule has 19 heavy (non-hydrogen) atoms. The minimum atomic E-state index is 0.414. The first-order chi connectivity index (χ1) is 9.20. The van der Waals surface area contributed by atoms with E-state index in [4.69, 9.17) is 4.74 Å². The van der Waals surface area contributed by atoms with Gasteiger partial charge in [0.05, 0.1) is 6.10 Å². The smallest absolute Gasteiger partial charge is 0.133 e. The van der Waals surface area contributed by atoms with Gasteiger partial charge in [-0.1, -0.05) is 19.9 Å². The van der Waals surface area contributed by atoms with E-state index in [-0.39, 0.29) is 0 Å². The molecule has 1 aromatic heterocycles. The first-order valence-electron chi connectivity index (χ1n) is 7.15. The zero-order chi connectivity index (χ0) is 13.7. The normalized spacial score (nSPS) is 17.2. The number of anilines is 1. The van der Waals surface area contributed by atoms with Gasteiger partial charge >= 0.3 is 0 Å². The Bertz CT molecular complexity index is 387. The summed E-state index contributed by atoms with van der Waals surface area (Å²) in [6, 6.07) is 4.68. The molecule has 1 fully saturated rings. The summed E-state index contributed by atoms with van der Waals surface area (Å²) >= 11 is 0. The fourth-order valence-electron chi connectivity index (χ4n) is 2.47. The molecule has 1 aliphatic heterocycles. The Morgan fingerprint density at radius 1 is 1.42 bits per heavy atom. The highest BCUT2D eigenvalue weighted by Crippen LogP contribution is 2.22. The van der Waals surface area contributed by atoms with Gasteiger partial charge in [-0.25, -0.2) is 4.98 Å². The Balaban J connectivity index is 2.03. The predicted molar refractivity (Wildman–Crippen MR) is 78.5 cm³/mol. The molecule has 1 saturated heterocycles. The van der Waals surface area contributed by atoms with Gasteiger partial charge in [0.25, 0.3) is 0 Å². The van der Waals surface area contributed by atoms with E-state index >= 15 is 0 Å². The molecule has 1 N–H and O–H groups in total. The third-order valence-electron chi connectivity index (χ3n) is 3.64. The van der Waals surface area contributed by atoms with Gasteiger partial charge in [0, 0.05) is 44.5 Å². The van der Waals surface area contributed by atoms with Crippen LogP contribution in [0.2, 0.25) is 0 Å². The molecule has 0 amide bonds. The van der Waals surface area contributed by atoms with Crippen LogP contribution in [0.3, 0.4) is 0 Å². The molecule has 106 valence electrons. The van der Waals surface area contributed by atoms with Gasteiger partial charge in [0.2, 0.25) is 0 Å². The molecule has 0 aromatic carbocycles. The van der Waals surface area contributed by atoms with Crippen molar-refractivity contribution in [2.24, 2.45) is 0 Å². The van der Waals surface area contributed by atoms with Crippen LogP contribution >= 0.6 is 0 Å². The summed E-state index contributed by atoms with van der Waals surface area (Å²) in [4.78, 5) is 6.96. The summed E-state index contributed by atoms with van der Waals surface area (Å²) in [5.41, 5.74) is 1.28. The Morgan fingerprint density at radius 2 is 2.16 bits per heavy atom. The average Bonchev–Trinajstić information content (AvgIpc) is 2.45. The van der Waals surface area contributed by atoms with E-state index in [1.807, 2.05) is 12.3 Å². The van der Waals surface area contributed by atoms with Crippen molar-refractivity contribution >= 4 is 5.82 Å². The maximum absolute atomic E-state index is 5.43. The zero-order valence-corrected chi connectivity index (χ0v) is 12.2. The van der Waals surface area contributed by atoms with E-state index < -0.39 is 0 Å². The van der Waals surface area contributed by atoms with Crippen molar-refractivity contribution < 1.29 is 4.74 Å². The minimum Gasteiger partial charge on any atom is -0.381 e. The van der Waals surface area contributed by atoms with E-state index in [1.54, 1.807) is 7.11 Å². The van der Waals surface area contributed by atoms with Crippen LogP contribution in [-0.4, -0.2) is 37.3 Å². The molecule has 0 radical (unpaired) electrons. The number of piperidine rings is 1. The van der Waals surface area contributed by atoms with Crippen LogP contribution in [0.1, 0.15) is 32.3 Å². The summed E-state index contributed by atoms with van der Waals surface area (Å²) in [7, 11) is 1.80. The minimum absolute atomic E-state index is 0.414. The lowest BCUT2D eigenvalue weighted by Crippen LogP contribution is -2.38. The molecular formula is C15H25N3O. The monoisotopic (exact) mass is 263 g/mol. The van der Waals surface area contributed by atoms with Gasteiger partial charge in [-0.2, -0.15) is 0 Å². The summed E-state index contributed by atoms with van der Waals surface area (Å²) < 4.78 is 5.43. The fraction of sp³-hybridized carbons (Fsp3) is 0.667. The number of hydrogen-bond donors (Lipinski definition) is 1. The first kappa shape index (κ1) is 14.3. The number of nitrogens with zero attached hydrogens (tertiary/aromatic N) is 2. The topological polar surface area (TPSA) is 37.4 Å². The number of nitrogens with one attached hydrogen (secondary N) is 1. The molecule has 0 aliphatic carbocycles. The van der Waals surface area contributed by atoms with Gasteiger partial charge in [-0.3, -0.25) is 0 Å². The molecule has 1 aromatic rings. The van der Waals surface area contributed by atoms with Gasteiger partial charge in [0.1, 0.15) is 5.82 Å². The van der Waals surface area contributed by atoms with E-state index in [1.165, 1.54) is 5.56 Å². The van der Waals surface area contributed by atoms with Crippen molar-refractivity contribution in [3.05, 3.63) is 23.9 Å². The number of ether oxygens (including phenoxy) is 1. The van der Waals surface area contributed by atoms with Crippen molar-refractivity contribution in [2.45, 2.75) is 45.4 Å². The van der Waals surface area contributed by atoms with E-state index in [9.17, 15) is 0 Å². The van der Waals surface area contributed by atoms with Crippen LogP contribution in [0.5, 0.6) is 0 Å². The lowest BCUT2D eigenvalue weighted by atomic mass is 10.1. The molecular weight excluding hydrogens is 238 g/mol. The van der Waals surface area contributed by atoms with Gasteiger partial charge in [-0.05, 0) is 18.9 Å². The highest BCUT2D eigenvalue weighted by molar-refractivity contribution is 5.47. The van der Waals surface area contributed by atoms with E-state index in [2.05, 4.69) is 35.1 Å². The third-order valence-corrected chi connectivity index (χ3v) is 3.64. The van der Waals surface area contributed by atoms with Crippen LogP contribution < -0.4 is 10.2 Å². The highest BCUT2D eigenvalue weighted by Gasteiger charge is 2.21.